The zero-order valence-corrected chi connectivity index (χ0v) is 18.3. The average molecular weight is 466 g/mol. The summed E-state index contributed by atoms with van der Waals surface area (Å²) < 4.78 is 0. The number of hydrogen-bond acceptors (Lipinski definition) is 7. The maximum Gasteiger partial charge on any atom is 0.326 e. The second kappa shape index (κ2) is 11.5. The molecular weight excluding hydrogens is 438 g/mol. The molecule has 1 heterocycles. The summed E-state index contributed by atoms with van der Waals surface area (Å²) in [5.41, 5.74) is 7.08. The van der Waals surface area contributed by atoms with Crippen molar-refractivity contribution < 1.29 is 29.4 Å². The van der Waals surface area contributed by atoms with Crippen molar-refractivity contribution in [3.63, 3.8) is 0 Å². The van der Waals surface area contributed by atoms with Gasteiger partial charge in [-0.05, 0) is 18.6 Å². The number of rotatable bonds is 11. The summed E-state index contributed by atoms with van der Waals surface area (Å²) >= 11 is 3.89. The van der Waals surface area contributed by atoms with Gasteiger partial charge in [-0.2, -0.15) is 12.6 Å². The van der Waals surface area contributed by atoms with Gasteiger partial charge in [0.1, 0.15) is 18.1 Å². The number of carboxylic acid groups (broad SMARTS) is 1. The number of aliphatic carboxylic acids is 1. The predicted octanol–water partition coefficient (Wildman–Crippen LogP) is -1.48. The molecule has 4 atom stereocenters. The van der Waals surface area contributed by atoms with Crippen LogP contribution < -0.4 is 21.7 Å². The van der Waals surface area contributed by atoms with Crippen molar-refractivity contribution >= 4 is 47.2 Å². The number of nitrogens with two attached hydrogens (primary N) is 1. The molecule has 2 aromatic rings. The highest BCUT2D eigenvalue weighted by Crippen LogP contribution is 2.19. The molecule has 3 amide bonds. The largest absolute Gasteiger partial charge is 0.480 e. The van der Waals surface area contributed by atoms with Gasteiger partial charge in [0.15, 0.2) is 0 Å². The number of aromatic amines is 1. The van der Waals surface area contributed by atoms with Crippen molar-refractivity contribution in [1.82, 2.24) is 20.9 Å². The highest BCUT2D eigenvalue weighted by Gasteiger charge is 2.28. The van der Waals surface area contributed by atoms with Gasteiger partial charge in [0.2, 0.25) is 17.7 Å². The maximum atomic E-state index is 12.5. The minimum atomic E-state index is -1.33. The molecule has 1 aromatic carbocycles. The Morgan fingerprint density at radius 1 is 1.06 bits per heavy atom. The van der Waals surface area contributed by atoms with Crippen molar-refractivity contribution in [2.75, 3.05) is 12.4 Å². The Kier molecular flexibility index (Phi) is 9.05. The SMILES string of the molecule is CC(NC(=O)C(CO)NC(=O)C(N)CS)C(=O)NC(Cc1c[nH]c2ccccc12)C(=O)O. The molecule has 0 saturated heterocycles. The number of carboxylic acids is 1. The Balaban J connectivity index is 1.99. The molecule has 12 heteroatoms. The Bertz CT molecular complexity index is 980. The van der Waals surface area contributed by atoms with E-state index in [0.717, 1.165) is 10.9 Å². The van der Waals surface area contributed by atoms with Crippen LogP contribution in [0, 0.1) is 0 Å². The van der Waals surface area contributed by atoms with E-state index < -0.39 is 54.5 Å². The lowest BCUT2D eigenvalue weighted by molar-refractivity contribution is -0.142. The molecule has 0 aliphatic rings. The van der Waals surface area contributed by atoms with Crippen LogP contribution >= 0.6 is 12.6 Å². The fourth-order valence-corrected chi connectivity index (χ4v) is 3.12. The van der Waals surface area contributed by atoms with Crippen LogP contribution in [-0.2, 0) is 25.6 Å². The summed E-state index contributed by atoms with van der Waals surface area (Å²) in [4.78, 5) is 51.4. The predicted molar refractivity (Wildman–Crippen MR) is 120 cm³/mol. The minimum absolute atomic E-state index is 0.0304. The third-order valence-electron chi connectivity index (χ3n) is 4.81. The van der Waals surface area contributed by atoms with E-state index in [4.69, 9.17) is 5.73 Å². The van der Waals surface area contributed by atoms with Crippen LogP contribution in [0.15, 0.2) is 30.5 Å². The molecule has 4 unspecified atom stereocenters. The van der Waals surface area contributed by atoms with E-state index in [0.29, 0.717) is 5.56 Å². The zero-order valence-electron chi connectivity index (χ0n) is 17.4. The number of benzene rings is 1. The van der Waals surface area contributed by atoms with Crippen LogP contribution in [0.2, 0.25) is 0 Å². The van der Waals surface area contributed by atoms with Gasteiger partial charge in [0.05, 0.1) is 12.6 Å². The number of hydrogen-bond donors (Lipinski definition) is 8. The van der Waals surface area contributed by atoms with E-state index in [9.17, 15) is 29.4 Å². The Hall–Kier alpha value is -3.09. The van der Waals surface area contributed by atoms with E-state index in [1.807, 2.05) is 24.3 Å². The first-order valence-electron chi connectivity index (χ1n) is 9.84. The topological polar surface area (TPSA) is 187 Å². The first-order valence-corrected chi connectivity index (χ1v) is 10.5. The average Bonchev–Trinajstić information content (AvgIpc) is 3.18. The number of aliphatic hydroxyl groups is 1. The maximum absolute atomic E-state index is 12.5. The second-order valence-corrected chi connectivity index (χ2v) is 7.59. The van der Waals surface area contributed by atoms with E-state index in [1.165, 1.54) is 6.92 Å². The number of carbonyl (C=O) groups is 4. The standard InChI is InChI=1S/C20H27N5O6S/c1-10(23-19(29)16(8-26)25-18(28)13(21)9-32)17(27)24-15(20(30)31)6-11-7-22-14-5-3-2-4-12(11)14/h2-5,7,10,13,15-16,22,26,32H,6,8-9,21H2,1H3,(H,23,29)(H,24,27)(H,25,28)(H,30,31). The van der Waals surface area contributed by atoms with Crippen molar-refractivity contribution in [3.05, 3.63) is 36.0 Å². The molecule has 0 spiro atoms. The molecule has 0 bridgehead atoms. The number of thiol groups is 1. The Morgan fingerprint density at radius 2 is 1.72 bits per heavy atom. The Labute approximate surface area is 189 Å². The van der Waals surface area contributed by atoms with Gasteiger partial charge >= 0.3 is 5.97 Å². The summed E-state index contributed by atoms with van der Waals surface area (Å²) in [5.74, 6) is -3.43. The monoisotopic (exact) mass is 465 g/mol. The molecule has 1 aromatic heterocycles. The molecular formula is C20H27N5O6S. The molecule has 11 nitrogen and oxygen atoms in total. The van der Waals surface area contributed by atoms with Crippen LogP contribution in [0.5, 0.6) is 0 Å². The zero-order chi connectivity index (χ0) is 23.8. The fourth-order valence-electron chi connectivity index (χ4n) is 2.95. The number of H-pyrrole nitrogens is 1. The second-order valence-electron chi connectivity index (χ2n) is 7.23. The van der Waals surface area contributed by atoms with Gasteiger partial charge in [-0.25, -0.2) is 4.79 Å². The van der Waals surface area contributed by atoms with Gasteiger partial charge < -0.3 is 36.9 Å². The summed E-state index contributed by atoms with van der Waals surface area (Å²) in [6, 6.07) is 2.70. The highest BCUT2D eigenvalue weighted by molar-refractivity contribution is 7.80. The minimum Gasteiger partial charge on any atom is -0.480 e. The lowest BCUT2D eigenvalue weighted by Crippen LogP contribution is -2.57. The van der Waals surface area contributed by atoms with E-state index in [-0.39, 0.29) is 12.2 Å². The third kappa shape index (κ3) is 6.45. The number of para-hydroxylation sites is 1. The molecule has 174 valence electrons. The van der Waals surface area contributed by atoms with Crippen molar-refractivity contribution in [1.29, 1.82) is 0 Å². The van der Waals surface area contributed by atoms with Crippen LogP contribution in [-0.4, -0.2) is 75.4 Å². The van der Waals surface area contributed by atoms with Gasteiger partial charge in [0.25, 0.3) is 0 Å². The van der Waals surface area contributed by atoms with Gasteiger partial charge in [-0.1, -0.05) is 18.2 Å². The van der Waals surface area contributed by atoms with Crippen molar-refractivity contribution in [2.24, 2.45) is 5.73 Å². The Morgan fingerprint density at radius 3 is 2.34 bits per heavy atom. The number of aliphatic hydroxyl groups excluding tert-OH is 1. The number of nitrogens with one attached hydrogen (secondary N) is 4. The molecule has 8 N–H and O–H groups in total. The number of carbonyl (C=O) groups excluding carboxylic acids is 3. The quantitative estimate of drug-likeness (QED) is 0.186. The number of amides is 3. The summed E-state index contributed by atoms with van der Waals surface area (Å²) in [6.45, 7) is 0.636. The molecule has 0 aliphatic carbocycles. The van der Waals surface area contributed by atoms with Crippen LogP contribution in [0.4, 0.5) is 0 Å². The summed E-state index contributed by atoms with van der Waals surface area (Å²) in [5, 5.41) is 26.8. The number of aromatic nitrogens is 1. The smallest absolute Gasteiger partial charge is 0.326 e. The van der Waals surface area contributed by atoms with Gasteiger partial charge in [-0.3, -0.25) is 14.4 Å². The van der Waals surface area contributed by atoms with Crippen molar-refractivity contribution in [3.8, 4) is 0 Å². The summed E-state index contributed by atoms with van der Waals surface area (Å²) in [7, 11) is 0. The van der Waals surface area contributed by atoms with Gasteiger partial charge in [-0.15, -0.1) is 0 Å². The van der Waals surface area contributed by atoms with Crippen molar-refractivity contribution in [2.45, 2.75) is 37.5 Å². The van der Waals surface area contributed by atoms with Crippen LogP contribution in [0.1, 0.15) is 12.5 Å². The molecule has 0 radical (unpaired) electrons. The first kappa shape index (κ1) is 25.2. The van der Waals surface area contributed by atoms with E-state index in [2.05, 4.69) is 33.6 Å². The van der Waals surface area contributed by atoms with E-state index >= 15 is 0 Å². The highest BCUT2D eigenvalue weighted by atomic mass is 32.1. The molecule has 32 heavy (non-hydrogen) atoms. The van der Waals surface area contributed by atoms with E-state index in [1.54, 1.807) is 6.20 Å². The number of fused-ring (bicyclic) bond motifs is 1. The molecule has 0 aliphatic heterocycles. The van der Waals surface area contributed by atoms with Crippen LogP contribution in [0.25, 0.3) is 10.9 Å². The third-order valence-corrected chi connectivity index (χ3v) is 5.21. The molecule has 0 fully saturated rings. The lowest BCUT2D eigenvalue weighted by atomic mass is 10.0. The molecule has 2 rings (SSSR count). The normalized spacial score (nSPS) is 14.8. The molecule has 0 saturated carbocycles. The fraction of sp³-hybridized carbons (Fsp3) is 0.400. The van der Waals surface area contributed by atoms with Crippen LogP contribution in [0.3, 0.4) is 0 Å². The summed E-state index contributed by atoms with van der Waals surface area (Å²) in [6.07, 6.45) is 1.71. The lowest BCUT2D eigenvalue weighted by Gasteiger charge is -2.22. The first-order chi connectivity index (χ1) is 15.2. The van der Waals surface area contributed by atoms with Gasteiger partial charge in [0, 0.05) is 29.3 Å².